The molecule has 2 aromatic rings. The normalized spacial score (nSPS) is 20.5. The van der Waals surface area contributed by atoms with Gasteiger partial charge in [0.25, 0.3) is 5.91 Å². The smallest absolute Gasteiger partial charge is 0.262 e. The van der Waals surface area contributed by atoms with Crippen LogP contribution in [-0.4, -0.2) is 36.0 Å². The average molecular weight is 547 g/mol. The highest BCUT2D eigenvalue weighted by Crippen LogP contribution is 2.55. The number of Topliss-reactive ketones (excluding diaryl/α,β-unsaturated/α-hetero) is 2. The second kappa shape index (κ2) is 9.98. The molecule has 1 aliphatic heterocycles. The van der Waals surface area contributed by atoms with Crippen molar-refractivity contribution in [2.24, 2.45) is 10.8 Å². The van der Waals surface area contributed by atoms with E-state index in [0.29, 0.717) is 46.0 Å². The summed E-state index contributed by atoms with van der Waals surface area (Å²) < 4.78 is 6.07. The monoisotopic (exact) mass is 546 g/mol. The number of anilines is 1. The van der Waals surface area contributed by atoms with Gasteiger partial charge < -0.3 is 15.0 Å². The van der Waals surface area contributed by atoms with E-state index in [-0.39, 0.29) is 34.9 Å². The number of nitrogens with one attached hydrogen (secondary N) is 1. The molecule has 7 heteroatoms. The summed E-state index contributed by atoms with van der Waals surface area (Å²) in [5.74, 6) is -0.392. The summed E-state index contributed by atoms with van der Waals surface area (Å²) in [4.78, 5) is 42.4. The van der Waals surface area contributed by atoms with Gasteiger partial charge in [-0.05, 0) is 54.0 Å². The maximum absolute atomic E-state index is 13.8. The molecule has 5 rings (SSSR count). The molecule has 0 aromatic heterocycles. The topological polar surface area (TPSA) is 75.7 Å². The number of amides is 1. The summed E-state index contributed by atoms with van der Waals surface area (Å²) in [6, 6.07) is 14.4. The van der Waals surface area contributed by atoms with Crippen molar-refractivity contribution in [3.8, 4) is 5.75 Å². The van der Waals surface area contributed by atoms with Crippen LogP contribution in [0.5, 0.6) is 5.75 Å². The third-order valence-electron chi connectivity index (χ3n) is 7.88. The van der Waals surface area contributed by atoms with E-state index in [9.17, 15) is 14.4 Å². The van der Waals surface area contributed by atoms with Crippen LogP contribution in [0.3, 0.4) is 0 Å². The van der Waals surface area contributed by atoms with Crippen molar-refractivity contribution in [3.05, 3.63) is 81.7 Å². The van der Waals surface area contributed by atoms with Crippen LogP contribution < -0.4 is 10.1 Å². The average Bonchev–Trinajstić information content (AvgIpc) is 2.84. The van der Waals surface area contributed by atoms with Gasteiger partial charge in [0.2, 0.25) is 0 Å². The minimum atomic E-state index is -0.593. The Kier molecular flexibility index (Phi) is 6.96. The van der Waals surface area contributed by atoms with Crippen LogP contribution in [0.2, 0.25) is 5.02 Å². The lowest BCUT2D eigenvalue weighted by Gasteiger charge is -2.48. The van der Waals surface area contributed by atoms with Gasteiger partial charge in [-0.15, -0.1) is 0 Å². The zero-order chi connectivity index (χ0) is 28.1. The van der Waals surface area contributed by atoms with Crippen molar-refractivity contribution in [2.75, 3.05) is 19.0 Å². The third kappa shape index (κ3) is 5.40. The Labute approximate surface area is 235 Å². The number of nitrogens with zero attached hydrogens (tertiary/aromatic N) is 1. The van der Waals surface area contributed by atoms with E-state index < -0.39 is 5.92 Å². The van der Waals surface area contributed by atoms with Crippen LogP contribution in [0, 0.1) is 10.8 Å². The van der Waals surface area contributed by atoms with E-state index >= 15 is 0 Å². The van der Waals surface area contributed by atoms with E-state index in [0.717, 1.165) is 24.2 Å². The number of hydrogen-bond donors (Lipinski definition) is 1. The molecule has 0 fully saturated rings. The van der Waals surface area contributed by atoms with Crippen LogP contribution in [-0.2, 0) is 14.4 Å². The quantitative estimate of drug-likeness (QED) is 0.453. The van der Waals surface area contributed by atoms with Gasteiger partial charge in [-0.1, -0.05) is 57.5 Å². The molecule has 1 N–H and O–H groups in total. The number of ketones is 2. The highest BCUT2D eigenvalue weighted by Gasteiger charge is 2.48. The molecule has 3 aliphatic rings. The predicted octanol–water partition coefficient (Wildman–Crippen LogP) is 6.67. The molecule has 2 aromatic carbocycles. The Balaban J connectivity index is 1.59. The van der Waals surface area contributed by atoms with Crippen molar-refractivity contribution in [1.29, 1.82) is 0 Å². The molecule has 0 saturated heterocycles. The Morgan fingerprint density at radius 2 is 1.49 bits per heavy atom. The molecule has 0 atom stereocenters. The summed E-state index contributed by atoms with van der Waals surface area (Å²) in [6.45, 7) is 8.20. The molecule has 0 radical (unpaired) electrons. The highest BCUT2D eigenvalue weighted by atomic mass is 35.5. The van der Waals surface area contributed by atoms with Gasteiger partial charge in [-0.2, -0.15) is 0 Å². The number of allylic oxidation sites excluding steroid dienone is 4. The number of carbonyl (C=O) groups is 3. The van der Waals surface area contributed by atoms with E-state index in [4.69, 9.17) is 16.3 Å². The van der Waals surface area contributed by atoms with Crippen molar-refractivity contribution in [1.82, 2.24) is 4.90 Å². The SMILES string of the molecule is CN1C2=C(C(=O)CC(C)(C)C2)C(c2cc(Cl)ccc2OCC(=O)Nc2ccccc2)C2=C1CC(C)(C)CC2=O. The second-order valence-corrected chi connectivity index (χ2v) is 12.9. The standard InChI is InChI=1S/C32H35ClN2O4/c1-31(2)14-22-29(24(36)16-31)28(30-23(35(22)5)15-32(3,4)17-25(30)37)21-13-19(33)11-12-26(21)39-18-27(38)34-20-9-7-6-8-10-20/h6-13,28H,14-18H2,1-5H3,(H,34,38). The van der Waals surface area contributed by atoms with Crippen molar-refractivity contribution < 1.29 is 19.1 Å². The molecule has 0 unspecified atom stereocenters. The zero-order valence-electron chi connectivity index (χ0n) is 23.2. The molecule has 0 bridgehead atoms. The van der Waals surface area contributed by atoms with Gasteiger partial charge in [-0.3, -0.25) is 14.4 Å². The maximum Gasteiger partial charge on any atom is 0.262 e. The summed E-state index contributed by atoms with van der Waals surface area (Å²) in [6.07, 6.45) is 2.24. The minimum absolute atomic E-state index is 0.0371. The largest absolute Gasteiger partial charge is 0.483 e. The maximum atomic E-state index is 13.8. The van der Waals surface area contributed by atoms with Crippen LogP contribution in [0.25, 0.3) is 0 Å². The number of ether oxygens (including phenoxy) is 1. The predicted molar refractivity (Wildman–Crippen MR) is 153 cm³/mol. The second-order valence-electron chi connectivity index (χ2n) is 12.5. The van der Waals surface area contributed by atoms with E-state index in [1.165, 1.54) is 0 Å². The van der Waals surface area contributed by atoms with E-state index in [1.54, 1.807) is 30.3 Å². The van der Waals surface area contributed by atoms with Gasteiger partial charge in [0.15, 0.2) is 18.2 Å². The van der Waals surface area contributed by atoms with Gasteiger partial charge in [-0.25, -0.2) is 0 Å². The molecule has 0 spiro atoms. The van der Waals surface area contributed by atoms with Crippen LogP contribution in [0.4, 0.5) is 5.69 Å². The molecule has 1 heterocycles. The number of halogens is 1. The first kappa shape index (κ1) is 27.2. The number of carbonyl (C=O) groups excluding carboxylic acids is 3. The van der Waals surface area contributed by atoms with Crippen LogP contribution >= 0.6 is 11.6 Å². The lowest BCUT2D eigenvalue weighted by molar-refractivity contribution is -0.120. The summed E-state index contributed by atoms with van der Waals surface area (Å²) >= 11 is 6.50. The molecule has 2 aliphatic carbocycles. The zero-order valence-corrected chi connectivity index (χ0v) is 23.9. The van der Waals surface area contributed by atoms with Gasteiger partial charge in [0.1, 0.15) is 5.75 Å². The molecule has 39 heavy (non-hydrogen) atoms. The molecule has 0 saturated carbocycles. The number of rotatable bonds is 5. The van der Waals surface area contributed by atoms with Gasteiger partial charge >= 0.3 is 0 Å². The van der Waals surface area contributed by atoms with Crippen molar-refractivity contribution in [2.45, 2.75) is 59.3 Å². The fraction of sp³-hybridized carbons (Fsp3) is 0.406. The summed E-state index contributed by atoms with van der Waals surface area (Å²) in [5, 5.41) is 3.30. The number of hydrogen-bond acceptors (Lipinski definition) is 5. The number of para-hydroxylation sites is 1. The molecule has 204 valence electrons. The molecule has 6 nitrogen and oxygen atoms in total. The third-order valence-corrected chi connectivity index (χ3v) is 8.11. The minimum Gasteiger partial charge on any atom is -0.483 e. The van der Waals surface area contributed by atoms with Crippen LogP contribution in [0.1, 0.15) is 64.9 Å². The van der Waals surface area contributed by atoms with Crippen molar-refractivity contribution in [3.63, 3.8) is 0 Å². The first-order valence-electron chi connectivity index (χ1n) is 13.4. The lowest BCUT2D eigenvalue weighted by Crippen LogP contribution is -2.43. The van der Waals surface area contributed by atoms with Crippen molar-refractivity contribution >= 4 is 34.8 Å². The first-order chi connectivity index (χ1) is 18.3. The van der Waals surface area contributed by atoms with Gasteiger partial charge in [0, 0.05) is 64.6 Å². The van der Waals surface area contributed by atoms with Gasteiger partial charge in [0.05, 0.1) is 0 Å². The Morgan fingerprint density at radius 1 is 0.923 bits per heavy atom. The highest BCUT2D eigenvalue weighted by molar-refractivity contribution is 6.30. The Morgan fingerprint density at radius 3 is 2.05 bits per heavy atom. The van der Waals surface area contributed by atoms with Crippen LogP contribution in [0.15, 0.2) is 71.1 Å². The lowest BCUT2D eigenvalue weighted by atomic mass is 9.63. The Bertz CT molecular complexity index is 1370. The summed E-state index contributed by atoms with van der Waals surface area (Å²) in [7, 11) is 1.98. The molecule has 1 amide bonds. The molecular formula is C32H35ClN2O4. The fourth-order valence-electron chi connectivity index (χ4n) is 6.21. The summed E-state index contributed by atoms with van der Waals surface area (Å²) in [5.41, 5.74) is 4.14. The first-order valence-corrected chi connectivity index (χ1v) is 13.8. The fourth-order valence-corrected chi connectivity index (χ4v) is 6.39. The Hall–Kier alpha value is -3.38. The van der Waals surface area contributed by atoms with E-state index in [2.05, 4.69) is 37.9 Å². The van der Waals surface area contributed by atoms with E-state index in [1.807, 2.05) is 25.2 Å². The molecular weight excluding hydrogens is 512 g/mol. The number of benzene rings is 2.